The lowest BCUT2D eigenvalue weighted by Gasteiger charge is -1.99. The Labute approximate surface area is 45.5 Å². The van der Waals surface area contributed by atoms with Crippen molar-refractivity contribution in [3.05, 3.63) is 0 Å². The largest absolute Gasteiger partial charge is 0.719 e. The fraction of sp³-hybridized carbons (Fsp3) is 0. The van der Waals surface area contributed by atoms with Gasteiger partial charge in [0, 0.05) is 0 Å². The molecule has 0 spiro atoms. The van der Waals surface area contributed by atoms with Crippen LogP contribution in [0.3, 0.4) is 0 Å². The summed E-state index contributed by atoms with van der Waals surface area (Å²) in [5.74, 6) is 0. The molecule has 3 amide bonds. The van der Waals surface area contributed by atoms with Gasteiger partial charge in [0.25, 0.3) is 0 Å². The third-order valence-corrected chi connectivity index (χ3v) is 0.327. The summed E-state index contributed by atoms with van der Waals surface area (Å²) in [7, 11) is 0. The Balaban J connectivity index is 3.32. The quantitative estimate of drug-likeness (QED) is 0.415. The van der Waals surface area contributed by atoms with Gasteiger partial charge in [0.05, 0.1) is 0 Å². The predicted molar refractivity (Wildman–Crippen MR) is 25.5 cm³/mol. The van der Waals surface area contributed by atoms with Crippen LogP contribution in [0.4, 0.5) is 9.59 Å². The van der Waals surface area contributed by atoms with E-state index in [2.05, 4.69) is 18.4 Å². The van der Waals surface area contributed by atoms with Crippen molar-refractivity contribution in [2.24, 2.45) is 5.73 Å². The highest BCUT2D eigenvalue weighted by atomic mass is 32.1. The van der Waals surface area contributed by atoms with Gasteiger partial charge in [-0.1, -0.05) is 0 Å². The highest BCUT2D eigenvalue weighted by Gasteiger charge is 1.84. The SMILES string of the molecule is NC(=O)NC(=O)[S-]. The lowest BCUT2D eigenvalue weighted by molar-refractivity contribution is 0.242. The van der Waals surface area contributed by atoms with E-state index in [0.29, 0.717) is 0 Å². The highest BCUT2D eigenvalue weighted by Crippen LogP contribution is 1.58. The van der Waals surface area contributed by atoms with E-state index in [1.54, 1.807) is 5.32 Å². The van der Waals surface area contributed by atoms with Crippen LogP contribution >= 0.6 is 0 Å². The molecule has 0 saturated heterocycles. The third kappa shape index (κ3) is 5.16. The second-order valence-corrected chi connectivity index (χ2v) is 1.15. The molecule has 0 bridgehead atoms. The van der Waals surface area contributed by atoms with Gasteiger partial charge in [0.1, 0.15) is 5.24 Å². The minimum atomic E-state index is -0.917. The summed E-state index contributed by atoms with van der Waals surface area (Å²) in [5.41, 5.74) is 4.46. The fourth-order valence-corrected chi connectivity index (χ4v) is 0.201. The van der Waals surface area contributed by atoms with Crippen molar-refractivity contribution < 1.29 is 9.59 Å². The third-order valence-electron chi connectivity index (χ3n) is 0.225. The molecule has 0 heterocycles. The molecule has 0 aromatic heterocycles. The molecule has 4 nitrogen and oxygen atoms in total. The van der Waals surface area contributed by atoms with Crippen LogP contribution < -0.4 is 11.1 Å². The molecule has 0 aromatic carbocycles. The van der Waals surface area contributed by atoms with Crippen LogP contribution in [0.2, 0.25) is 0 Å². The molecule has 0 aliphatic heterocycles. The summed E-state index contributed by atoms with van der Waals surface area (Å²) >= 11 is 3.90. The number of hydrogen-bond donors (Lipinski definition) is 2. The van der Waals surface area contributed by atoms with E-state index in [1.165, 1.54) is 0 Å². The number of primary amides is 1. The Bertz CT molecular complexity index is 89.9. The van der Waals surface area contributed by atoms with Crippen LogP contribution in [0.15, 0.2) is 0 Å². The number of rotatable bonds is 0. The number of carbonyl (C=O) groups excluding carboxylic acids is 2. The summed E-state index contributed by atoms with van der Waals surface area (Å²) in [6.07, 6.45) is 0. The van der Waals surface area contributed by atoms with E-state index in [-0.39, 0.29) is 0 Å². The van der Waals surface area contributed by atoms with Crippen molar-refractivity contribution in [2.75, 3.05) is 0 Å². The Kier molecular flexibility index (Phi) is 2.07. The van der Waals surface area contributed by atoms with E-state index in [4.69, 9.17) is 0 Å². The van der Waals surface area contributed by atoms with Crippen molar-refractivity contribution in [3.63, 3.8) is 0 Å². The van der Waals surface area contributed by atoms with Crippen LogP contribution in [-0.4, -0.2) is 11.3 Å². The molecular formula is C2H3N2O2S-. The first-order valence-corrected chi connectivity index (χ1v) is 1.81. The zero-order chi connectivity index (χ0) is 5.86. The Hall–Kier alpha value is -0.840. The predicted octanol–water partition coefficient (Wildman–Crippen LogP) is -0.678. The minimum absolute atomic E-state index is 0.854. The number of amides is 3. The standard InChI is InChI=1S/C2H4N2O2S/c3-1(5)4-2(6)7/h(H4,3,4,5,6,7)/p-1. The number of nitrogens with two attached hydrogens (primary N) is 1. The molecule has 7 heavy (non-hydrogen) atoms. The lowest BCUT2D eigenvalue weighted by atomic mass is 11.0. The molecule has 0 saturated carbocycles. The number of carbonyl (C=O) groups is 2. The topological polar surface area (TPSA) is 72.2 Å². The van der Waals surface area contributed by atoms with Gasteiger partial charge >= 0.3 is 6.03 Å². The van der Waals surface area contributed by atoms with E-state index in [0.717, 1.165) is 0 Å². The maximum absolute atomic E-state index is 9.66. The Morgan fingerprint density at radius 1 is 1.57 bits per heavy atom. The molecule has 0 aromatic rings. The number of imide groups is 1. The van der Waals surface area contributed by atoms with Crippen LogP contribution in [0.5, 0.6) is 0 Å². The number of urea groups is 1. The van der Waals surface area contributed by atoms with Gasteiger partial charge < -0.3 is 23.2 Å². The summed E-state index contributed by atoms with van der Waals surface area (Å²) in [4.78, 5) is 19.3. The second kappa shape index (κ2) is 2.35. The van der Waals surface area contributed by atoms with Crippen LogP contribution in [0.25, 0.3) is 0 Å². The van der Waals surface area contributed by atoms with E-state index >= 15 is 0 Å². The normalized spacial score (nSPS) is 7.43. The first kappa shape index (κ1) is 6.16. The lowest BCUT2D eigenvalue weighted by Crippen LogP contribution is -2.32. The first-order valence-electron chi connectivity index (χ1n) is 1.40. The highest BCUT2D eigenvalue weighted by molar-refractivity contribution is 7.77. The summed E-state index contributed by atoms with van der Waals surface area (Å²) in [6, 6.07) is -0.917. The summed E-state index contributed by atoms with van der Waals surface area (Å²) in [6.45, 7) is 0. The van der Waals surface area contributed by atoms with Crippen molar-refractivity contribution in [1.82, 2.24) is 5.32 Å². The minimum Gasteiger partial charge on any atom is -0.719 e. The number of hydrogen-bond acceptors (Lipinski definition) is 3. The second-order valence-electron chi connectivity index (χ2n) is 0.777. The molecular weight excluding hydrogens is 116 g/mol. The van der Waals surface area contributed by atoms with Crippen molar-refractivity contribution >= 4 is 23.9 Å². The van der Waals surface area contributed by atoms with Gasteiger partial charge in [-0.25, -0.2) is 4.79 Å². The van der Waals surface area contributed by atoms with E-state index in [1.807, 2.05) is 0 Å². The summed E-state index contributed by atoms with van der Waals surface area (Å²) < 4.78 is 0. The van der Waals surface area contributed by atoms with Gasteiger partial charge in [-0.2, -0.15) is 0 Å². The molecule has 0 aliphatic carbocycles. The smallest absolute Gasteiger partial charge is 0.317 e. The fourth-order valence-electron chi connectivity index (χ4n) is 0.101. The molecule has 5 heteroatoms. The molecule has 40 valence electrons. The summed E-state index contributed by atoms with van der Waals surface area (Å²) in [5, 5.41) is 0.766. The molecule has 0 radical (unpaired) electrons. The van der Waals surface area contributed by atoms with Crippen LogP contribution in [-0.2, 0) is 12.6 Å². The molecule has 0 unspecified atom stereocenters. The monoisotopic (exact) mass is 119 g/mol. The van der Waals surface area contributed by atoms with Crippen LogP contribution in [0, 0.1) is 0 Å². The number of nitrogens with one attached hydrogen (secondary N) is 1. The maximum atomic E-state index is 9.66. The van der Waals surface area contributed by atoms with Gasteiger partial charge in [-0.15, -0.1) is 0 Å². The first-order chi connectivity index (χ1) is 3.13. The zero-order valence-electron chi connectivity index (χ0n) is 3.30. The average molecular weight is 119 g/mol. The Morgan fingerprint density at radius 2 is 2.00 bits per heavy atom. The molecule has 0 atom stereocenters. The molecule has 0 fully saturated rings. The Morgan fingerprint density at radius 3 is 2.00 bits per heavy atom. The molecule has 0 aliphatic rings. The van der Waals surface area contributed by atoms with Crippen molar-refractivity contribution in [3.8, 4) is 0 Å². The van der Waals surface area contributed by atoms with Gasteiger partial charge in [0.2, 0.25) is 0 Å². The van der Waals surface area contributed by atoms with E-state index < -0.39 is 11.3 Å². The van der Waals surface area contributed by atoms with Crippen molar-refractivity contribution in [2.45, 2.75) is 0 Å². The van der Waals surface area contributed by atoms with Gasteiger partial charge in [-0.05, 0) is 0 Å². The zero-order valence-corrected chi connectivity index (χ0v) is 4.12. The van der Waals surface area contributed by atoms with E-state index in [9.17, 15) is 9.59 Å². The average Bonchev–Trinajstić information content (AvgIpc) is 1.27. The van der Waals surface area contributed by atoms with Crippen molar-refractivity contribution in [1.29, 1.82) is 0 Å². The van der Waals surface area contributed by atoms with Crippen LogP contribution in [0.1, 0.15) is 0 Å². The maximum Gasteiger partial charge on any atom is 0.317 e. The van der Waals surface area contributed by atoms with Gasteiger partial charge in [0.15, 0.2) is 0 Å². The van der Waals surface area contributed by atoms with Gasteiger partial charge in [-0.3, -0.25) is 5.32 Å². The molecule has 0 rings (SSSR count). The molecule has 3 N–H and O–H groups in total.